The lowest BCUT2D eigenvalue weighted by atomic mass is 10.2. The van der Waals surface area contributed by atoms with Crippen molar-refractivity contribution in [3.05, 3.63) is 63.5 Å². The Bertz CT molecular complexity index is 1010. The number of nitrogens with zero attached hydrogens (tertiary/aromatic N) is 4. The number of pyridine rings is 1. The summed E-state index contributed by atoms with van der Waals surface area (Å²) in [6.45, 7) is 2.05. The minimum atomic E-state index is -2.73. The lowest BCUT2D eigenvalue weighted by Gasteiger charge is -2.14. The summed E-state index contributed by atoms with van der Waals surface area (Å²) in [5.74, 6) is -2.54. The first kappa shape index (κ1) is 20.4. The largest absolute Gasteiger partial charge is 0.363 e. The molecule has 0 radical (unpaired) electrons. The number of halogens is 4. The van der Waals surface area contributed by atoms with Gasteiger partial charge in [-0.2, -0.15) is 19.1 Å². The maximum atomic E-state index is 13.1. The molecule has 10 heteroatoms. The third-order valence-electron chi connectivity index (χ3n) is 3.69. The summed E-state index contributed by atoms with van der Waals surface area (Å²) in [5, 5.41) is 17.2. The molecule has 1 aromatic carbocycles. The lowest BCUT2D eigenvalue weighted by molar-refractivity contribution is 0.252. The molecule has 0 spiro atoms. The highest BCUT2D eigenvalue weighted by molar-refractivity contribution is 7.99. The van der Waals surface area contributed by atoms with Gasteiger partial charge in [0.15, 0.2) is 5.69 Å². The lowest BCUT2D eigenvalue weighted by Crippen LogP contribution is -2.09. The van der Waals surface area contributed by atoms with E-state index >= 15 is 0 Å². The highest BCUT2D eigenvalue weighted by Gasteiger charge is 2.25. The van der Waals surface area contributed by atoms with Crippen LogP contribution in [0.1, 0.15) is 17.0 Å². The van der Waals surface area contributed by atoms with Crippen LogP contribution in [0, 0.1) is 18.3 Å². The second kappa shape index (κ2) is 8.78. The number of nitrogens with one attached hydrogen (secondary N) is 1. The SMILES string of the molecule is Cc1cc(Cl)c(-n2nc(C#N)c(SC(F)F)c2NCc2ccccn2)c(Cl)c1. The number of hydrogen-bond donors (Lipinski definition) is 1. The van der Waals surface area contributed by atoms with Gasteiger partial charge in [0.1, 0.15) is 17.6 Å². The van der Waals surface area contributed by atoms with Gasteiger partial charge in [-0.1, -0.05) is 29.3 Å². The fraction of sp³-hybridized carbons (Fsp3) is 0.167. The Kier molecular flexibility index (Phi) is 6.39. The number of aromatic nitrogens is 3. The molecule has 0 aliphatic heterocycles. The zero-order valence-corrected chi connectivity index (χ0v) is 16.8. The first-order valence-electron chi connectivity index (χ1n) is 7.98. The van der Waals surface area contributed by atoms with Crippen LogP contribution in [-0.4, -0.2) is 20.5 Å². The number of nitriles is 1. The van der Waals surface area contributed by atoms with Gasteiger partial charge in [0.2, 0.25) is 0 Å². The third kappa shape index (κ3) is 4.38. The molecule has 1 N–H and O–H groups in total. The standard InChI is InChI=1S/C18H13Cl2F2N5S/c1-10-6-12(19)15(13(20)7-10)27-17(25-9-11-4-2-3-5-24-11)16(28-18(21)22)14(8-23)26-27/h2-7,18,25H,9H2,1H3. The number of rotatable bonds is 6. The van der Waals surface area contributed by atoms with Crippen molar-refractivity contribution in [1.82, 2.24) is 14.8 Å². The summed E-state index contributed by atoms with van der Waals surface area (Å²) < 4.78 is 27.5. The molecule has 144 valence electrons. The molecular weight excluding hydrogens is 427 g/mol. The van der Waals surface area contributed by atoms with Gasteiger partial charge in [-0.3, -0.25) is 4.98 Å². The first-order valence-corrected chi connectivity index (χ1v) is 9.62. The van der Waals surface area contributed by atoms with Crippen LogP contribution >= 0.6 is 35.0 Å². The summed E-state index contributed by atoms with van der Waals surface area (Å²) in [4.78, 5) is 4.21. The van der Waals surface area contributed by atoms with Crippen molar-refractivity contribution in [1.29, 1.82) is 5.26 Å². The molecule has 0 saturated carbocycles. The summed E-state index contributed by atoms with van der Waals surface area (Å²) in [7, 11) is 0. The first-order chi connectivity index (χ1) is 13.4. The van der Waals surface area contributed by atoms with Gasteiger partial charge in [-0.05, 0) is 48.5 Å². The average Bonchev–Trinajstić information content (AvgIpc) is 2.96. The van der Waals surface area contributed by atoms with Crippen LogP contribution in [0.5, 0.6) is 0 Å². The summed E-state index contributed by atoms with van der Waals surface area (Å²) >= 11 is 12.9. The monoisotopic (exact) mass is 439 g/mol. The van der Waals surface area contributed by atoms with Crippen LogP contribution in [0.15, 0.2) is 41.4 Å². The van der Waals surface area contributed by atoms with Crippen LogP contribution in [0.3, 0.4) is 0 Å². The van der Waals surface area contributed by atoms with Gasteiger partial charge in [0.25, 0.3) is 5.76 Å². The van der Waals surface area contributed by atoms with Gasteiger partial charge < -0.3 is 5.32 Å². The Morgan fingerprint density at radius 1 is 1.29 bits per heavy atom. The molecule has 0 fully saturated rings. The highest BCUT2D eigenvalue weighted by Crippen LogP contribution is 2.39. The molecule has 0 saturated heterocycles. The van der Waals surface area contributed by atoms with Crippen molar-refractivity contribution in [3.8, 4) is 11.8 Å². The number of benzene rings is 1. The Hall–Kier alpha value is -2.34. The number of alkyl halides is 2. The molecule has 0 aliphatic rings. The normalized spacial score (nSPS) is 10.9. The second-order valence-electron chi connectivity index (χ2n) is 5.68. The van der Waals surface area contributed by atoms with Crippen LogP contribution in [0.25, 0.3) is 5.69 Å². The van der Waals surface area contributed by atoms with E-state index in [1.807, 2.05) is 19.1 Å². The maximum absolute atomic E-state index is 13.1. The molecule has 5 nitrogen and oxygen atoms in total. The molecule has 2 heterocycles. The molecule has 0 bridgehead atoms. The molecule has 0 unspecified atom stereocenters. The molecule has 2 aromatic heterocycles. The van der Waals surface area contributed by atoms with Gasteiger partial charge in [0.05, 0.1) is 27.2 Å². The Morgan fingerprint density at radius 2 is 2.00 bits per heavy atom. The number of aryl methyl sites for hydroxylation is 1. The van der Waals surface area contributed by atoms with Gasteiger partial charge in [0, 0.05) is 6.20 Å². The van der Waals surface area contributed by atoms with Crippen molar-refractivity contribution in [3.63, 3.8) is 0 Å². The molecule has 28 heavy (non-hydrogen) atoms. The minimum Gasteiger partial charge on any atom is -0.363 e. The van der Waals surface area contributed by atoms with Gasteiger partial charge in [-0.25, -0.2) is 4.68 Å². The highest BCUT2D eigenvalue weighted by atomic mass is 35.5. The number of hydrogen-bond acceptors (Lipinski definition) is 5. The summed E-state index contributed by atoms with van der Waals surface area (Å²) in [6.07, 6.45) is 1.62. The fourth-order valence-electron chi connectivity index (χ4n) is 2.57. The molecule has 0 aliphatic carbocycles. The van der Waals surface area contributed by atoms with E-state index in [9.17, 15) is 14.0 Å². The average molecular weight is 440 g/mol. The van der Waals surface area contributed by atoms with E-state index in [-0.39, 0.29) is 44.8 Å². The van der Waals surface area contributed by atoms with E-state index in [4.69, 9.17) is 23.2 Å². The van der Waals surface area contributed by atoms with Crippen molar-refractivity contribution < 1.29 is 8.78 Å². The van der Waals surface area contributed by atoms with E-state index in [0.29, 0.717) is 11.4 Å². The zero-order valence-electron chi connectivity index (χ0n) is 14.5. The van der Waals surface area contributed by atoms with E-state index in [2.05, 4.69) is 15.4 Å². The van der Waals surface area contributed by atoms with E-state index in [0.717, 1.165) is 5.56 Å². The minimum absolute atomic E-state index is 0.0149. The van der Waals surface area contributed by atoms with E-state index in [1.165, 1.54) is 4.68 Å². The number of anilines is 1. The zero-order chi connectivity index (χ0) is 20.3. The van der Waals surface area contributed by atoms with Crippen molar-refractivity contribution in [2.75, 3.05) is 5.32 Å². The Labute approximate surface area is 174 Å². The quantitative estimate of drug-likeness (QED) is 0.500. The fourth-order valence-corrected chi connectivity index (χ4v) is 3.97. The van der Waals surface area contributed by atoms with Gasteiger partial charge >= 0.3 is 0 Å². The van der Waals surface area contributed by atoms with Crippen molar-refractivity contribution in [2.45, 2.75) is 24.1 Å². The van der Waals surface area contributed by atoms with Crippen LogP contribution < -0.4 is 5.32 Å². The third-order valence-corrected chi connectivity index (χ3v) is 5.07. The Balaban J connectivity index is 2.14. The summed E-state index contributed by atoms with van der Waals surface area (Å²) in [6, 6.07) is 10.6. The van der Waals surface area contributed by atoms with Crippen LogP contribution in [0.2, 0.25) is 10.0 Å². The topological polar surface area (TPSA) is 66.5 Å². The molecule has 3 aromatic rings. The molecular formula is C18H13Cl2F2N5S. The van der Waals surface area contributed by atoms with Crippen molar-refractivity contribution >= 4 is 40.8 Å². The molecule has 3 rings (SSSR count). The van der Waals surface area contributed by atoms with Gasteiger partial charge in [-0.15, -0.1) is 0 Å². The number of thioether (sulfide) groups is 1. The van der Waals surface area contributed by atoms with Crippen LogP contribution in [0.4, 0.5) is 14.6 Å². The summed E-state index contributed by atoms with van der Waals surface area (Å²) in [5.41, 5.74) is 1.66. The molecule has 0 atom stereocenters. The predicted molar refractivity (Wildman–Crippen MR) is 106 cm³/mol. The Morgan fingerprint density at radius 3 is 2.57 bits per heavy atom. The molecule has 0 amide bonds. The van der Waals surface area contributed by atoms with Crippen molar-refractivity contribution in [2.24, 2.45) is 0 Å². The maximum Gasteiger partial charge on any atom is 0.289 e. The van der Waals surface area contributed by atoms with Crippen LogP contribution in [-0.2, 0) is 6.54 Å². The predicted octanol–water partition coefficient (Wildman–Crippen LogP) is 5.68. The van der Waals surface area contributed by atoms with E-state index in [1.54, 1.807) is 30.5 Å². The second-order valence-corrected chi connectivity index (χ2v) is 7.49. The smallest absolute Gasteiger partial charge is 0.289 e. The van der Waals surface area contributed by atoms with E-state index < -0.39 is 5.76 Å².